The zero-order valence-electron chi connectivity index (χ0n) is 5.97. The molecule has 0 aliphatic heterocycles. The van der Waals surface area contributed by atoms with Crippen molar-refractivity contribution in [1.82, 2.24) is 0 Å². The zero-order valence-corrected chi connectivity index (χ0v) is 16.7. The van der Waals surface area contributed by atoms with Crippen LogP contribution in [0, 0.1) is 41.7 Å². The summed E-state index contributed by atoms with van der Waals surface area (Å²) in [5.41, 5.74) is 0. The van der Waals surface area contributed by atoms with Crippen molar-refractivity contribution in [3.05, 3.63) is 0 Å². The number of hydrogen-bond donors (Lipinski definition) is 0. The Morgan fingerprint density at radius 3 is 1.20 bits per heavy atom. The molecule has 0 bridgehead atoms. The van der Waals surface area contributed by atoms with Crippen molar-refractivity contribution in [2.75, 3.05) is 0 Å². The fourth-order valence-electron chi connectivity index (χ4n) is 0. The minimum Gasteiger partial charge on any atom is -1.00 e. The molecule has 5 heavy (non-hydrogen) atoms. The molecule has 0 aromatic rings. The van der Waals surface area contributed by atoms with Crippen LogP contribution in [0.5, 0.6) is 0 Å². The minimum absolute atomic E-state index is 0. The maximum Gasteiger partial charge on any atom is 2.00 e. The summed E-state index contributed by atoms with van der Waals surface area (Å²) in [6.45, 7) is 0. The zero-order chi connectivity index (χ0) is 0. The molecule has 0 N–H and O–H groups in total. The predicted molar refractivity (Wildman–Crippen MR) is 9.09 cm³/mol. The van der Waals surface area contributed by atoms with Crippen molar-refractivity contribution in [1.29, 1.82) is 0 Å². The van der Waals surface area contributed by atoms with Crippen LogP contribution in [0.4, 0.5) is 0 Å². The second-order valence-corrected chi connectivity index (χ2v) is 0. The molecule has 0 heterocycles. The van der Waals surface area contributed by atoms with Gasteiger partial charge in [-0.15, -0.1) is 0 Å². The van der Waals surface area contributed by atoms with Gasteiger partial charge in [0.25, 0.3) is 0 Å². The van der Waals surface area contributed by atoms with Gasteiger partial charge < -0.3 is 4.28 Å². The maximum atomic E-state index is 0. The summed E-state index contributed by atoms with van der Waals surface area (Å²) < 4.78 is 0. The van der Waals surface area contributed by atoms with Crippen LogP contribution in [-0.4, -0.2) is 45.5 Å². The Balaban J connectivity index is 0. The first kappa shape index (κ1) is 31.0. The SMILES string of the molecule is [Ce].[Fe].[H-].[H-].[H-].[K+].[Sr+2].[W]. The Bertz CT molecular complexity index is 19.2. The van der Waals surface area contributed by atoms with Gasteiger partial charge in [-0.2, -0.15) is 0 Å². The molecule has 0 spiro atoms. The van der Waals surface area contributed by atoms with Gasteiger partial charge in [-0.25, -0.2) is 0 Å². The second-order valence-electron chi connectivity index (χ2n) is 0. The summed E-state index contributed by atoms with van der Waals surface area (Å²) >= 11 is 0. The van der Waals surface area contributed by atoms with E-state index in [0.29, 0.717) is 0 Å². The summed E-state index contributed by atoms with van der Waals surface area (Å²) in [6, 6.07) is 0. The van der Waals surface area contributed by atoms with E-state index in [-0.39, 0.29) is 181 Å². The molecule has 0 nitrogen and oxygen atoms in total. The van der Waals surface area contributed by atoms with Crippen molar-refractivity contribution in [2.45, 2.75) is 0 Å². The van der Waals surface area contributed by atoms with E-state index in [0.717, 1.165) is 0 Å². The molecule has 0 amide bonds. The monoisotopic (exact) mass is 510 g/mol. The van der Waals surface area contributed by atoms with Crippen LogP contribution in [0.25, 0.3) is 0 Å². The predicted octanol–water partition coefficient (Wildman–Crippen LogP) is -3.04. The van der Waals surface area contributed by atoms with Crippen molar-refractivity contribution >= 4 is 45.5 Å². The smallest absolute Gasteiger partial charge is 1.00 e. The van der Waals surface area contributed by atoms with Crippen molar-refractivity contribution < 1.29 is 136 Å². The molecule has 0 aromatic heterocycles. The molecule has 0 aromatic carbocycles. The first-order valence-corrected chi connectivity index (χ1v) is 0. The molecule has 0 unspecified atom stereocenters. The molecule has 0 saturated carbocycles. The van der Waals surface area contributed by atoms with Gasteiger partial charge in [-0.3, -0.25) is 0 Å². The molecule has 24 valence electrons. The fraction of sp³-hybridized carbons (Fsp3) is 0. The summed E-state index contributed by atoms with van der Waals surface area (Å²) in [4.78, 5) is 0. The van der Waals surface area contributed by atoms with Crippen LogP contribution >= 0.6 is 0 Å². The maximum absolute atomic E-state index is 0. The molecule has 0 rings (SSSR count). The van der Waals surface area contributed by atoms with Gasteiger partial charge >= 0.3 is 96.9 Å². The Hall–Kier alpha value is 5.70. The van der Waals surface area contributed by atoms with Crippen LogP contribution in [0.15, 0.2) is 0 Å². The third-order valence-electron chi connectivity index (χ3n) is 0. The molecule has 0 fully saturated rings. The van der Waals surface area contributed by atoms with Gasteiger partial charge in [0.2, 0.25) is 0 Å². The molecule has 0 aliphatic rings. The topological polar surface area (TPSA) is 0 Å². The number of rotatable bonds is 0. The quantitative estimate of drug-likeness (QED) is 0.305. The van der Waals surface area contributed by atoms with E-state index in [4.69, 9.17) is 0 Å². The standard InChI is InChI=1S/Ce.Fe.K.Sr.W.3H/q;;+1;+2;;3*-1. The van der Waals surface area contributed by atoms with E-state index in [1.165, 1.54) is 0 Å². The van der Waals surface area contributed by atoms with Gasteiger partial charge in [0.15, 0.2) is 0 Å². The van der Waals surface area contributed by atoms with E-state index in [2.05, 4.69) is 0 Å². The van der Waals surface area contributed by atoms with Crippen LogP contribution in [0.3, 0.4) is 0 Å². The van der Waals surface area contributed by atoms with Crippen molar-refractivity contribution in [3.8, 4) is 0 Å². The van der Waals surface area contributed by atoms with Crippen LogP contribution in [0.2, 0.25) is 0 Å². The molecule has 0 atom stereocenters. The molecule has 5 heteroatoms. The minimum atomic E-state index is 0. The molecule has 0 radical (unpaired) electrons. The van der Waals surface area contributed by atoms with Gasteiger partial charge in [-0.05, 0) is 0 Å². The fourth-order valence-corrected chi connectivity index (χ4v) is 0. The van der Waals surface area contributed by atoms with E-state index >= 15 is 0 Å². The summed E-state index contributed by atoms with van der Waals surface area (Å²) in [5, 5.41) is 0. The average molecular weight is 510 g/mol. The van der Waals surface area contributed by atoms with E-state index in [1.807, 2.05) is 0 Å². The van der Waals surface area contributed by atoms with Gasteiger partial charge in [0.05, 0.1) is 0 Å². The largest absolute Gasteiger partial charge is 2.00 e. The Kier molecular flexibility index (Phi) is 140. The normalized spacial score (nSPS) is 0. The second kappa shape index (κ2) is 22.6. The van der Waals surface area contributed by atoms with Crippen LogP contribution in [-0.2, 0) is 38.1 Å². The van der Waals surface area contributed by atoms with Crippen molar-refractivity contribution in [2.24, 2.45) is 0 Å². The first-order chi connectivity index (χ1) is 0. The van der Waals surface area contributed by atoms with Crippen molar-refractivity contribution in [3.63, 3.8) is 0 Å². The molecule has 0 saturated heterocycles. The van der Waals surface area contributed by atoms with Crippen LogP contribution < -0.4 is 51.4 Å². The van der Waals surface area contributed by atoms with Gasteiger partial charge in [0.1, 0.15) is 0 Å². The van der Waals surface area contributed by atoms with Crippen LogP contribution in [0.1, 0.15) is 4.28 Å². The summed E-state index contributed by atoms with van der Waals surface area (Å²) in [6.07, 6.45) is 0. The first-order valence-electron chi connectivity index (χ1n) is 0. The third-order valence-corrected chi connectivity index (χ3v) is 0. The Labute approximate surface area is 175 Å². The molecule has 0 aliphatic carbocycles. The molecular weight excluding hydrogens is 507 g/mol. The average Bonchev–Trinajstić information content (AvgIpc) is 0. The third kappa shape index (κ3) is 17.7. The van der Waals surface area contributed by atoms with E-state index in [9.17, 15) is 0 Å². The number of hydrogen-bond acceptors (Lipinski definition) is 0. The summed E-state index contributed by atoms with van der Waals surface area (Å²) in [5.74, 6) is 0. The van der Waals surface area contributed by atoms with Gasteiger partial charge in [-0.1, -0.05) is 0 Å². The Morgan fingerprint density at radius 2 is 1.20 bits per heavy atom. The Morgan fingerprint density at radius 1 is 1.20 bits per heavy atom. The van der Waals surface area contributed by atoms with E-state index < -0.39 is 0 Å². The summed E-state index contributed by atoms with van der Waals surface area (Å²) in [7, 11) is 0. The van der Waals surface area contributed by atoms with E-state index in [1.54, 1.807) is 0 Å². The van der Waals surface area contributed by atoms with Gasteiger partial charge in [0, 0.05) is 79.9 Å². The molecular formula is H3CeFeKSrW.